The number of hydrogen-bond acceptors (Lipinski definition) is 2. The second-order valence-corrected chi connectivity index (χ2v) is 5.63. The minimum atomic E-state index is -0.186. The summed E-state index contributed by atoms with van der Waals surface area (Å²) in [6.45, 7) is 7.38. The second kappa shape index (κ2) is 4.38. The standard InChI is InChI=1S/C12H23FN2/c1-12(2)9-14-11(10-4-5-10)8-15(12)7-3-6-13/h10-11,14H,3-9H2,1-2H3. The summed E-state index contributed by atoms with van der Waals surface area (Å²) in [5.41, 5.74) is 0.195. The van der Waals surface area contributed by atoms with Crippen LogP contribution in [0, 0.1) is 5.92 Å². The van der Waals surface area contributed by atoms with Gasteiger partial charge in [-0.05, 0) is 39.0 Å². The molecule has 1 aliphatic carbocycles. The van der Waals surface area contributed by atoms with E-state index in [9.17, 15) is 4.39 Å². The first-order valence-corrected chi connectivity index (χ1v) is 6.18. The van der Waals surface area contributed by atoms with Crippen LogP contribution in [0.1, 0.15) is 33.1 Å². The number of nitrogens with one attached hydrogen (secondary N) is 1. The van der Waals surface area contributed by atoms with Crippen LogP contribution < -0.4 is 5.32 Å². The van der Waals surface area contributed by atoms with E-state index in [2.05, 4.69) is 24.1 Å². The summed E-state index contributed by atoms with van der Waals surface area (Å²) in [6.07, 6.45) is 3.45. The molecule has 0 bridgehead atoms. The first-order valence-electron chi connectivity index (χ1n) is 6.18. The van der Waals surface area contributed by atoms with Crippen LogP contribution in [0.25, 0.3) is 0 Å². The molecular weight excluding hydrogens is 191 g/mol. The van der Waals surface area contributed by atoms with E-state index in [-0.39, 0.29) is 12.2 Å². The Morgan fingerprint density at radius 2 is 2.13 bits per heavy atom. The van der Waals surface area contributed by atoms with Gasteiger partial charge >= 0.3 is 0 Å². The Morgan fingerprint density at radius 3 is 2.73 bits per heavy atom. The summed E-state index contributed by atoms with van der Waals surface area (Å²) in [7, 11) is 0. The first kappa shape index (κ1) is 11.3. The third kappa shape index (κ3) is 2.70. The number of alkyl halides is 1. The highest BCUT2D eigenvalue weighted by Gasteiger charge is 2.39. The molecule has 1 saturated heterocycles. The van der Waals surface area contributed by atoms with Gasteiger partial charge in [-0.1, -0.05) is 0 Å². The fourth-order valence-electron chi connectivity index (χ4n) is 2.50. The Balaban J connectivity index is 1.89. The molecule has 1 unspecified atom stereocenters. The van der Waals surface area contributed by atoms with Crippen molar-refractivity contribution in [1.29, 1.82) is 0 Å². The smallest absolute Gasteiger partial charge is 0.0906 e. The number of nitrogens with zero attached hydrogens (tertiary/aromatic N) is 1. The van der Waals surface area contributed by atoms with E-state index in [0.29, 0.717) is 12.5 Å². The molecule has 1 heterocycles. The SMILES string of the molecule is CC1(C)CNC(C2CC2)CN1CCCF. The summed E-state index contributed by atoms with van der Waals surface area (Å²) >= 11 is 0. The van der Waals surface area contributed by atoms with Gasteiger partial charge in [0.05, 0.1) is 6.67 Å². The second-order valence-electron chi connectivity index (χ2n) is 5.63. The highest BCUT2D eigenvalue weighted by Crippen LogP contribution is 2.35. The van der Waals surface area contributed by atoms with Crippen molar-refractivity contribution in [2.75, 3.05) is 26.3 Å². The maximum atomic E-state index is 12.2. The van der Waals surface area contributed by atoms with Crippen LogP contribution in [0.4, 0.5) is 4.39 Å². The number of piperazine rings is 1. The van der Waals surface area contributed by atoms with E-state index in [1.54, 1.807) is 0 Å². The number of rotatable bonds is 4. The van der Waals surface area contributed by atoms with Gasteiger partial charge in [-0.2, -0.15) is 0 Å². The summed E-state index contributed by atoms with van der Waals surface area (Å²) in [5.74, 6) is 0.897. The molecule has 0 radical (unpaired) electrons. The fraction of sp³-hybridized carbons (Fsp3) is 1.00. The molecule has 88 valence electrons. The molecule has 0 spiro atoms. The topological polar surface area (TPSA) is 15.3 Å². The Kier molecular flexibility index (Phi) is 3.31. The van der Waals surface area contributed by atoms with Gasteiger partial charge in [-0.15, -0.1) is 0 Å². The van der Waals surface area contributed by atoms with Gasteiger partial charge in [-0.25, -0.2) is 0 Å². The van der Waals surface area contributed by atoms with Gasteiger partial charge in [-0.3, -0.25) is 9.29 Å². The summed E-state index contributed by atoms with van der Waals surface area (Å²) in [6, 6.07) is 0.664. The van der Waals surface area contributed by atoms with Crippen molar-refractivity contribution >= 4 is 0 Å². The Morgan fingerprint density at radius 1 is 1.40 bits per heavy atom. The molecule has 0 aromatic heterocycles. The Bertz CT molecular complexity index is 214. The van der Waals surface area contributed by atoms with Crippen molar-refractivity contribution in [3.63, 3.8) is 0 Å². The van der Waals surface area contributed by atoms with Crippen LogP contribution in [-0.2, 0) is 0 Å². The quantitative estimate of drug-likeness (QED) is 0.768. The van der Waals surface area contributed by atoms with Crippen LogP contribution in [0.2, 0.25) is 0 Å². The zero-order valence-electron chi connectivity index (χ0n) is 9.93. The molecular formula is C12H23FN2. The maximum absolute atomic E-state index is 12.2. The van der Waals surface area contributed by atoms with Crippen LogP contribution in [-0.4, -0.2) is 42.8 Å². The number of hydrogen-bond donors (Lipinski definition) is 1. The van der Waals surface area contributed by atoms with Gasteiger partial charge in [0.1, 0.15) is 0 Å². The predicted molar refractivity (Wildman–Crippen MR) is 60.8 cm³/mol. The molecule has 3 heteroatoms. The molecule has 15 heavy (non-hydrogen) atoms. The van der Waals surface area contributed by atoms with Crippen molar-refractivity contribution in [2.24, 2.45) is 5.92 Å². The number of halogens is 1. The summed E-state index contributed by atoms with van der Waals surface area (Å²) in [4.78, 5) is 2.46. The minimum absolute atomic E-state index is 0.186. The Labute approximate surface area is 92.2 Å². The molecule has 0 aromatic carbocycles. The van der Waals surface area contributed by atoms with Crippen molar-refractivity contribution in [1.82, 2.24) is 10.2 Å². The molecule has 2 fully saturated rings. The average Bonchev–Trinajstić information content (AvgIpc) is 2.99. The summed E-state index contributed by atoms with van der Waals surface area (Å²) in [5, 5.41) is 3.64. The highest BCUT2D eigenvalue weighted by atomic mass is 19.1. The van der Waals surface area contributed by atoms with Crippen LogP contribution in [0.15, 0.2) is 0 Å². The van der Waals surface area contributed by atoms with Crippen LogP contribution in [0.5, 0.6) is 0 Å². The minimum Gasteiger partial charge on any atom is -0.311 e. The van der Waals surface area contributed by atoms with Crippen LogP contribution >= 0.6 is 0 Å². The van der Waals surface area contributed by atoms with Gasteiger partial charge in [0, 0.05) is 31.2 Å². The van der Waals surface area contributed by atoms with Gasteiger partial charge in [0.25, 0.3) is 0 Å². The van der Waals surface area contributed by atoms with Gasteiger partial charge < -0.3 is 5.32 Å². The lowest BCUT2D eigenvalue weighted by Gasteiger charge is -2.46. The van der Waals surface area contributed by atoms with Crippen molar-refractivity contribution < 1.29 is 4.39 Å². The molecule has 1 N–H and O–H groups in total. The lowest BCUT2D eigenvalue weighted by molar-refractivity contribution is 0.0580. The van der Waals surface area contributed by atoms with E-state index in [1.165, 1.54) is 12.8 Å². The average molecular weight is 214 g/mol. The molecule has 0 amide bonds. The molecule has 2 aliphatic rings. The lowest BCUT2D eigenvalue weighted by Crippen LogP contribution is -2.62. The normalized spacial score (nSPS) is 31.8. The lowest BCUT2D eigenvalue weighted by atomic mass is 9.95. The molecule has 1 saturated carbocycles. The van der Waals surface area contributed by atoms with Gasteiger partial charge in [0.15, 0.2) is 0 Å². The van der Waals surface area contributed by atoms with Gasteiger partial charge in [0.2, 0.25) is 0 Å². The van der Waals surface area contributed by atoms with Crippen LogP contribution in [0.3, 0.4) is 0 Å². The van der Waals surface area contributed by atoms with E-state index in [0.717, 1.165) is 25.6 Å². The largest absolute Gasteiger partial charge is 0.311 e. The van der Waals surface area contributed by atoms with Crippen molar-refractivity contribution in [3.8, 4) is 0 Å². The molecule has 1 atom stereocenters. The van der Waals surface area contributed by atoms with Crippen molar-refractivity contribution in [3.05, 3.63) is 0 Å². The molecule has 1 aliphatic heterocycles. The highest BCUT2D eigenvalue weighted by molar-refractivity contribution is 4.98. The first-order chi connectivity index (χ1) is 7.13. The monoisotopic (exact) mass is 214 g/mol. The van der Waals surface area contributed by atoms with E-state index >= 15 is 0 Å². The van der Waals surface area contributed by atoms with E-state index in [4.69, 9.17) is 0 Å². The van der Waals surface area contributed by atoms with Crippen molar-refractivity contribution in [2.45, 2.75) is 44.7 Å². The fourth-order valence-corrected chi connectivity index (χ4v) is 2.50. The predicted octanol–water partition coefficient (Wildman–Crippen LogP) is 1.81. The molecule has 2 rings (SSSR count). The van der Waals surface area contributed by atoms with E-state index < -0.39 is 0 Å². The Hall–Kier alpha value is -0.150. The third-order valence-corrected chi connectivity index (χ3v) is 3.82. The molecule has 2 nitrogen and oxygen atoms in total. The molecule has 0 aromatic rings. The zero-order chi connectivity index (χ0) is 10.9. The summed E-state index contributed by atoms with van der Waals surface area (Å²) < 4.78 is 12.2. The third-order valence-electron chi connectivity index (χ3n) is 3.82. The maximum Gasteiger partial charge on any atom is 0.0906 e. The van der Waals surface area contributed by atoms with E-state index in [1.807, 2.05) is 0 Å². The zero-order valence-corrected chi connectivity index (χ0v) is 9.93.